The van der Waals surface area contributed by atoms with Gasteiger partial charge < -0.3 is 20.5 Å². The van der Waals surface area contributed by atoms with E-state index in [1.165, 1.54) is 30.0 Å². The molecule has 0 unspecified atom stereocenters. The van der Waals surface area contributed by atoms with Gasteiger partial charge in [0.1, 0.15) is 5.75 Å². The van der Waals surface area contributed by atoms with Gasteiger partial charge in [-0.25, -0.2) is 17.9 Å². The number of hydrogen-bond acceptors (Lipinski definition) is 7. The number of urea groups is 1. The number of carbonyl (C=O) groups excluding carboxylic acids is 2. The van der Waals surface area contributed by atoms with Gasteiger partial charge in [0, 0.05) is 16.4 Å². The van der Waals surface area contributed by atoms with Gasteiger partial charge in [-0.15, -0.1) is 24.5 Å². The Morgan fingerprint density at radius 2 is 1.90 bits per heavy atom. The number of nitrogens with two attached hydrogens (primary N) is 1. The Balaban J connectivity index is 2.18. The largest absolute Gasteiger partial charge is 0.573 e. The van der Waals surface area contributed by atoms with E-state index >= 15 is 0 Å². The molecule has 0 atom stereocenters. The van der Waals surface area contributed by atoms with Crippen LogP contribution in [0.4, 0.5) is 18.0 Å². The topological polar surface area (TPSA) is 137 Å². The van der Waals surface area contributed by atoms with Gasteiger partial charge in [-0.2, -0.15) is 0 Å². The molecule has 0 saturated heterocycles. The zero-order valence-corrected chi connectivity index (χ0v) is 18.0. The summed E-state index contributed by atoms with van der Waals surface area (Å²) in [6, 6.07) is 3.75. The molecule has 0 radical (unpaired) electrons. The summed E-state index contributed by atoms with van der Waals surface area (Å²) < 4.78 is 71.3. The van der Waals surface area contributed by atoms with Crippen molar-refractivity contribution in [2.24, 2.45) is 5.73 Å². The van der Waals surface area contributed by atoms with E-state index in [4.69, 9.17) is 22.1 Å². The number of amides is 3. The number of thiophene rings is 1. The molecule has 0 spiro atoms. The number of alkyl halides is 3. The standard InChI is InChI=1S/C16H15ClF3N3O6S2/c1-28-11-3-2-8(17)6-10(11)13(24)22-5-4-9-7-12(29-16(18,19)20)14(30-9)31(26,27)23-15(21)25/h2-3,6-7H,4-5H2,1H3,(H,22,24)(H3,21,23,25). The van der Waals surface area contributed by atoms with Crippen LogP contribution in [0.25, 0.3) is 0 Å². The van der Waals surface area contributed by atoms with Gasteiger partial charge in [0.2, 0.25) is 0 Å². The number of nitrogens with one attached hydrogen (secondary N) is 2. The van der Waals surface area contributed by atoms with Crippen LogP contribution in [0.5, 0.6) is 11.5 Å². The normalized spacial score (nSPS) is 11.6. The molecule has 0 saturated carbocycles. The molecule has 2 rings (SSSR count). The van der Waals surface area contributed by atoms with E-state index in [2.05, 4.69) is 10.1 Å². The van der Waals surface area contributed by atoms with E-state index in [0.29, 0.717) is 11.3 Å². The molecule has 1 aromatic carbocycles. The van der Waals surface area contributed by atoms with Crippen molar-refractivity contribution >= 4 is 44.9 Å². The number of primary amides is 1. The first-order valence-corrected chi connectivity index (χ1v) is 10.8. The molecule has 9 nitrogen and oxygen atoms in total. The highest BCUT2D eigenvalue weighted by atomic mass is 35.5. The molecule has 2 aromatic rings. The minimum atomic E-state index is -5.17. The Morgan fingerprint density at radius 3 is 2.48 bits per heavy atom. The Hall–Kier alpha value is -2.71. The first-order chi connectivity index (χ1) is 14.3. The Labute approximate surface area is 183 Å². The summed E-state index contributed by atoms with van der Waals surface area (Å²) in [6.07, 6.45) is -5.22. The molecule has 4 N–H and O–H groups in total. The molecule has 0 fully saturated rings. The summed E-state index contributed by atoms with van der Waals surface area (Å²) >= 11 is 6.29. The predicted molar refractivity (Wildman–Crippen MR) is 105 cm³/mol. The summed E-state index contributed by atoms with van der Waals surface area (Å²) in [5.74, 6) is -1.33. The fourth-order valence-electron chi connectivity index (χ4n) is 2.34. The number of rotatable bonds is 8. The molecule has 15 heteroatoms. The second-order valence-electron chi connectivity index (χ2n) is 5.73. The van der Waals surface area contributed by atoms with E-state index in [-0.39, 0.29) is 34.2 Å². The van der Waals surface area contributed by atoms with E-state index < -0.39 is 38.3 Å². The molecule has 0 aliphatic rings. The summed E-state index contributed by atoms with van der Waals surface area (Å²) in [5.41, 5.74) is 4.88. The van der Waals surface area contributed by atoms with E-state index in [0.717, 1.165) is 6.07 Å². The molecule has 170 valence electrons. The number of methoxy groups -OCH3 is 1. The average Bonchev–Trinajstić information content (AvgIpc) is 3.02. The molecule has 31 heavy (non-hydrogen) atoms. The summed E-state index contributed by atoms with van der Waals surface area (Å²) in [4.78, 5) is 23.3. The van der Waals surface area contributed by atoms with Gasteiger partial charge in [0.15, 0.2) is 9.96 Å². The van der Waals surface area contributed by atoms with Crippen LogP contribution in [-0.4, -0.2) is 40.4 Å². The molecule has 3 amide bonds. The van der Waals surface area contributed by atoms with Gasteiger partial charge in [0.05, 0.1) is 12.7 Å². The smallest absolute Gasteiger partial charge is 0.496 e. The van der Waals surface area contributed by atoms with Crippen LogP contribution >= 0.6 is 22.9 Å². The van der Waals surface area contributed by atoms with Crippen LogP contribution in [0.1, 0.15) is 15.2 Å². The average molecular weight is 502 g/mol. The molecule has 1 aromatic heterocycles. The van der Waals surface area contributed by atoms with Crippen LogP contribution in [-0.2, 0) is 16.4 Å². The van der Waals surface area contributed by atoms with Gasteiger partial charge in [-0.05, 0) is 30.7 Å². The molecule has 0 aliphatic heterocycles. The zero-order valence-electron chi connectivity index (χ0n) is 15.6. The van der Waals surface area contributed by atoms with Crippen LogP contribution in [0.2, 0.25) is 5.02 Å². The second kappa shape index (κ2) is 9.62. The number of halogens is 4. The fraction of sp³-hybridized carbons (Fsp3) is 0.250. The lowest BCUT2D eigenvalue weighted by atomic mass is 10.2. The first kappa shape index (κ1) is 24.6. The Morgan fingerprint density at radius 1 is 1.23 bits per heavy atom. The highest BCUT2D eigenvalue weighted by Crippen LogP contribution is 2.37. The highest BCUT2D eigenvalue weighted by molar-refractivity contribution is 7.92. The predicted octanol–water partition coefficient (Wildman–Crippen LogP) is 2.64. The minimum Gasteiger partial charge on any atom is -0.496 e. The van der Waals surface area contributed by atoms with E-state index in [1.54, 1.807) is 0 Å². The van der Waals surface area contributed by atoms with Crippen molar-refractivity contribution in [1.82, 2.24) is 10.0 Å². The Kier molecular flexibility index (Phi) is 7.62. The maximum atomic E-state index is 12.6. The van der Waals surface area contributed by atoms with Crippen molar-refractivity contribution in [3.05, 3.63) is 39.7 Å². The zero-order chi connectivity index (χ0) is 23.4. The summed E-state index contributed by atoms with van der Waals surface area (Å²) in [6.45, 7) is -0.0663. The number of ether oxygens (including phenoxy) is 2. The van der Waals surface area contributed by atoms with Crippen molar-refractivity contribution in [2.45, 2.75) is 17.0 Å². The molecular formula is C16H15ClF3N3O6S2. The molecule has 0 bridgehead atoms. The summed E-state index contributed by atoms with van der Waals surface area (Å²) in [7, 11) is -3.33. The third-order valence-corrected chi connectivity index (χ3v) is 6.76. The fourth-order valence-corrected chi connectivity index (χ4v) is 4.93. The van der Waals surface area contributed by atoms with Gasteiger partial charge in [0.25, 0.3) is 15.9 Å². The van der Waals surface area contributed by atoms with Crippen LogP contribution in [0.3, 0.4) is 0 Å². The molecular weight excluding hydrogens is 487 g/mol. The van der Waals surface area contributed by atoms with Crippen LogP contribution in [0.15, 0.2) is 28.5 Å². The van der Waals surface area contributed by atoms with Crippen molar-refractivity contribution < 1.29 is 40.7 Å². The van der Waals surface area contributed by atoms with Gasteiger partial charge in [-0.3, -0.25) is 4.79 Å². The van der Waals surface area contributed by atoms with Gasteiger partial charge >= 0.3 is 12.4 Å². The summed E-state index contributed by atoms with van der Waals surface area (Å²) in [5, 5.41) is 2.81. The van der Waals surface area contributed by atoms with Gasteiger partial charge in [-0.1, -0.05) is 11.6 Å². The van der Waals surface area contributed by atoms with E-state index in [1.807, 2.05) is 0 Å². The number of hydrogen-bond donors (Lipinski definition) is 3. The third-order valence-electron chi connectivity index (χ3n) is 3.48. The van der Waals surface area contributed by atoms with Crippen molar-refractivity contribution in [3.63, 3.8) is 0 Å². The lowest BCUT2D eigenvalue weighted by Gasteiger charge is -2.09. The molecule has 0 aliphatic carbocycles. The van der Waals surface area contributed by atoms with Crippen molar-refractivity contribution in [1.29, 1.82) is 0 Å². The third kappa shape index (κ3) is 6.90. The van der Waals surface area contributed by atoms with E-state index in [9.17, 15) is 31.2 Å². The maximum Gasteiger partial charge on any atom is 0.573 e. The number of carbonyl (C=O) groups is 2. The molecule has 1 heterocycles. The number of sulfonamides is 1. The SMILES string of the molecule is COc1ccc(Cl)cc1C(=O)NCCc1cc(OC(F)(F)F)c(S(=O)(=O)NC(N)=O)s1. The Bertz CT molecular complexity index is 1090. The van der Waals surface area contributed by atoms with Crippen molar-refractivity contribution in [3.8, 4) is 11.5 Å². The monoisotopic (exact) mass is 501 g/mol. The minimum absolute atomic E-state index is 0.0421. The lowest BCUT2D eigenvalue weighted by Crippen LogP contribution is -2.35. The first-order valence-electron chi connectivity index (χ1n) is 8.15. The highest BCUT2D eigenvalue weighted by Gasteiger charge is 2.36. The van der Waals surface area contributed by atoms with Crippen LogP contribution < -0.4 is 25.2 Å². The second-order valence-corrected chi connectivity index (χ2v) is 9.18. The van der Waals surface area contributed by atoms with Crippen molar-refractivity contribution in [2.75, 3.05) is 13.7 Å². The quantitative estimate of drug-likeness (QED) is 0.508. The van der Waals surface area contributed by atoms with Crippen LogP contribution in [0, 0.1) is 0 Å². The maximum absolute atomic E-state index is 12.6. The number of benzene rings is 1. The lowest BCUT2D eigenvalue weighted by molar-refractivity contribution is -0.275.